The standard InChI is InChI=1S/C8H13NO3/c1-4-6(2)8(11)9-5-7(10)12-3/h4H,5H2,1-3H3,(H,9,11). The van der Waals surface area contributed by atoms with Gasteiger partial charge in [0.15, 0.2) is 0 Å². The van der Waals surface area contributed by atoms with Gasteiger partial charge in [-0.05, 0) is 13.8 Å². The number of methoxy groups -OCH3 is 1. The molecule has 0 spiro atoms. The van der Waals surface area contributed by atoms with Crippen molar-refractivity contribution in [3.05, 3.63) is 11.6 Å². The molecule has 0 aliphatic heterocycles. The van der Waals surface area contributed by atoms with Crippen LogP contribution < -0.4 is 5.32 Å². The van der Waals surface area contributed by atoms with E-state index in [1.165, 1.54) is 7.11 Å². The Kier molecular flexibility index (Phi) is 4.76. The number of ether oxygens (including phenoxy) is 1. The lowest BCUT2D eigenvalue weighted by Gasteiger charge is -2.02. The maximum atomic E-state index is 11.0. The molecule has 0 aliphatic carbocycles. The monoisotopic (exact) mass is 171 g/mol. The van der Waals surface area contributed by atoms with E-state index in [9.17, 15) is 9.59 Å². The summed E-state index contributed by atoms with van der Waals surface area (Å²) < 4.78 is 4.34. The van der Waals surface area contributed by atoms with Crippen LogP contribution in [-0.2, 0) is 14.3 Å². The van der Waals surface area contributed by atoms with Crippen molar-refractivity contribution >= 4 is 11.9 Å². The molecular weight excluding hydrogens is 158 g/mol. The molecule has 0 aromatic rings. The van der Waals surface area contributed by atoms with Gasteiger partial charge in [0.1, 0.15) is 6.54 Å². The zero-order valence-corrected chi connectivity index (χ0v) is 7.51. The first-order valence-corrected chi connectivity index (χ1v) is 3.59. The number of nitrogens with one attached hydrogen (secondary N) is 1. The summed E-state index contributed by atoms with van der Waals surface area (Å²) in [6.45, 7) is 3.35. The largest absolute Gasteiger partial charge is 0.468 e. The Balaban J connectivity index is 3.80. The van der Waals surface area contributed by atoms with Gasteiger partial charge in [-0.1, -0.05) is 6.08 Å². The van der Waals surface area contributed by atoms with E-state index in [-0.39, 0.29) is 12.5 Å². The van der Waals surface area contributed by atoms with Crippen LogP contribution in [0.15, 0.2) is 11.6 Å². The number of rotatable bonds is 3. The molecule has 0 heterocycles. The number of hydrogen-bond donors (Lipinski definition) is 1. The molecule has 0 aromatic heterocycles. The number of allylic oxidation sites excluding steroid dienone is 1. The van der Waals surface area contributed by atoms with Crippen LogP contribution in [-0.4, -0.2) is 25.5 Å². The number of carbonyl (C=O) groups is 2. The topological polar surface area (TPSA) is 55.4 Å². The summed E-state index contributed by atoms with van der Waals surface area (Å²) in [4.78, 5) is 21.6. The molecule has 4 heteroatoms. The van der Waals surface area contributed by atoms with E-state index >= 15 is 0 Å². The summed E-state index contributed by atoms with van der Waals surface area (Å²) in [5.74, 6) is -0.699. The van der Waals surface area contributed by atoms with Crippen molar-refractivity contribution < 1.29 is 14.3 Å². The number of carbonyl (C=O) groups excluding carboxylic acids is 2. The Morgan fingerprint density at radius 3 is 2.50 bits per heavy atom. The second-order valence-corrected chi connectivity index (χ2v) is 2.23. The van der Waals surface area contributed by atoms with Crippen LogP contribution in [0.25, 0.3) is 0 Å². The lowest BCUT2D eigenvalue weighted by Crippen LogP contribution is -2.30. The zero-order chi connectivity index (χ0) is 9.56. The van der Waals surface area contributed by atoms with Gasteiger partial charge in [0.2, 0.25) is 5.91 Å². The molecule has 1 amide bonds. The summed E-state index contributed by atoms with van der Waals surface area (Å²) in [5.41, 5.74) is 0.582. The molecule has 0 aromatic carbocycles. The maximum absolute atomic E-state index is 11.0. The molecule has 0 saturated heterocycles. The quantitative estimate of drug-likeness (QED) is 0.489. The number of hydrogen-bond acceptors (Lipinski definition) is 3. The zero-order valence-electron chi connectivity index (χ0n) is 7.51. The van der Waals surface area contributed by atoms with Crippen molar-refractivity contribution in [1.82, 2.24) is 5.32 Å². The average molecular weight is 171 g/mol. The van der Waals surface area contributed by atoms with Gasteiger partial charge in [-0.25, -0.2) is 0 Å². The van der Waals surface area contributed by atoms with Crippen LogP contribution >= 0.6 is 0 Å². The first-order chi connectivity index (χ1) is 5.61. The third kappa shape index (κ3) is 3.75. The average Bonchev–Trinajstić information content (AvgIpc) is 2.11. The van der Waals surface area contributed by atoms with Crippen molar-refractivity contribution in [2.24, 2.45) is 0 Å². The van der Waals surface area contributed by atoms with Crippen molar-refractivity contribution in [2.75, 3.05) is 13.7 Å². The van der Waals surface area contributed by atoms with Gasteiger partial charge >= 0.3 is 5.97 Å². The third-order valence-corrected chi connectivity index (χ3v) is 1.41. The number of amides is 1. The van der Waals surface area contributed by atoms with Crippen LogP contribution in [0.3, 0.4) is 0 Å². The molecule has 12 heavy (non-hydrogen) atoms. The summed E-state index contributed by atoms with van der Waals surface area (Å²) in [7, 11) is 1.27. The molecule has 4 nitrogen and oxygen atoms in total. The van der Waals surface area contributed by atoms with Crippen molar-refractivity contribution in [2.45, 2.75) is 13.8 Å². The smallest absolute Gasteiger partial charge is 0.325 e. The van der Waals surface area contributed by atoms with Gasteiger partial charge in [0.25, 0.3) is 0 Å². The molecular formula is C8H13NO3. The highest BCUT2D eigenvalue weighted by molar-refractivity contribution is 5.94. The predicted octanol–water partition coefficient (Wildman–Crippen LogP) is 0.242. The molecule has 0 rings (SSSR count). The molecule has 0 bridgehead atoms. The molecule has 68 valence electrons. The first kappa shape index (κ1) is 10.7. The Morgan fingerprint density at radius 2 is 2.08 bits per heavy atom. The van der Waals surface area contributed by atoms with Crippen molar-refractivity contribution in [1.29, 1.82) is 0 Å². The fourth-order valence-electron chi connectivity index (χ4n) is 0.495. The summed E-state index contributed by atoms with van der Waals surface area (Å²) in [6.07, 6.45) is 1.67. The molecule has 1 N–H and O–H groups in total. The van der Waals surface area contributed by atoms with E-state index in [1.54, 1.807) is 19.9 Å². The van der Waals surface area contributed by atoms with Crippen molar-refractivity contribution in [3.63, 3.8) is 0 Å². The first-order valence-electron chi connectivity index (χ1n) is 3.59. The van der Waals surface area contributed by atoms with Gasteiger partial charge < -0.3 is 10.1 Å². The highest BCUT2D eigenvalue weighted by Crippen LogP contribution is 1.89. The summed E-state index contributed by atoms with van der Waals surface area (Å²) >= 11 is 0. The van der Waals surface area contributed by atoms with Gasteiger partial charge in [-0.2, -0.15) is 0 Å². The van der Waals surface area contributed by atoms with Crippen LogP contribution in [0.5, 0.6) is 0 Å². The Bertz CT molecular complexity index is 208. The van der Waals surface area contributed by atoms with E-state index in [4.69, 9.17) is 0 Å². The fraction of sp³-hybridized carbons (Fsp3) is 0.500. The minimum atomic E-state index is -0.452. The van der Waals surface area contributed by atoms with Gasteiger partial charge in [-0.3, -0.25) is 9.59 Å². The van der Waals surface area contributed by atoms with Gasteiger partial charge in [-0.15, -0.1) is 0 Å². The Hall–Kier alpha value is -1.32. The molecule has 0 atom stereocenters. The van der Waals surface area contributed by atoms with Crippen LogP contribution in [0.2, 0.25) is 0 Å². The van der Waals surface area contributed by atoms with Crippen LogP contribution in [0.4, 0.5) is 0 Å². The second kappa shape index (κ2) is 5.35. The molecule has 0 fully saturated rings. The molecule has 0 radical (unpaired) electrons. The fourth-order valence-corrected chi connectivity index (χ4v) is 0.495. The van der Waals surface area contributed by atoms with E-state index in [0.717, 1.165) is 0 Å². The van der Waals surface area contributed by atoms with E-state index in [0.29, 0.717) is 5.57 Å². The third-order valence-electron chi connectivity index (χ3n) is 1.41. The normalized spacial score (nSPS) is 10.8. The summed E-state index contributed by atoms with van der Waals surface area (Å²) in [6, 6.07) is 0. The second-order valence-electron chi connectivity index (χ2n) is 2.23. The highest BCUT2D eigenvalue weighted by atomic mass is 16.5. The van der Waals surface area contributed by atoms with Gasteiger partial charge in [0.05, 0.1) is 7.11 Å². The minimum Gasteiger partial charge on any atom is -0.468 e. The lowest BCUT2D eigenvalue weighted by molar-refractivity contribution is -0.140. The lowest BCUT2D eigenvalue weighted by atomic mass is 10.3. The molecule has 0 saturated carbocycles. The Labute approximate surface area is 71.6 Å². The van der Waals surface area contributed by atoms with Gasteiger partial charge in [0, 0.05) is 5.57 Å². The maximum Gasteiger partial charge on any atom is 0.325 e. The minimum absolute atomic E-state index is 0.0828. The predicted molar refractivity (Wildman–Crippen MR) is 44.5 cm³/mol. The van der Waals surface area contributed by atoms with Crippen molar-refractivity contribution in [3.8, 4) is 0 Å². The summed E-state index contributed by atoms with van der Waals surface area (Å²) in [5, 5.41) is 2.40. The SMILES string of the molecule is CC=C(C)C(=O)NCC(=O)OC. The van der Waals surface area contributed by atoms with Crippen LogP contribution in [0, 0.1) is 0 Å². The molecule has 0 unspecified atom stereocenters. The number of esters is 1. The van der Waals surface area contributed by atoms with E-state index in [2.05, 4.69) is 10.1 Å². The highest BCUT2D eigenvalue weighted by Gasteiger charge is 2.05. The Morgan fingerprint density at radius 1 is 1.50 bits per heavy atom. The van der Waals surface area contributed by atoms with E-state index < -0.39 is 5.97 Å². The van der Waals surface area contributed by atoms with Crippen LogP contribution in [0.1, 0.15) is 13.8 Å². The molecule has 0 aliphatic rings. The van der Waals surface area contributed by atoms with E-state index in [1.807, 2.05) is 0 Å².